The molecule has 0 aromatic heterocycles. The predicted octanol–water partition coefficient (Wildman–Crippen LogP) is 0.637. The van der Waals surface area contributed by atoms with Gasteiger partial charge in [0.25, 0.3) is 0 Å². The maximum absolute atomic E-state index is 12.0. The number of morpholine rings is 1. The number of nitrogens with zero attached hydrogens (tertiary/aromatic N) is 1. The molecule has 5 heteroatoms. The normalized spacial score (nSPS) is 28.7. The molecule has 1 unspecified atom stereocenters. The van der Waals surface area contributed by atoms with Crippen molar-refractivity contribution < 1.29 is 14.3 Å². The van der Waals surface area contributed by atoms with E-state index in [4.69, 9.17) is 9.47 Å². The van der Waals surface area contributed by atoms with Crippen molar-refractivity contribution in [3.63, 3.8) is 0 Å². The summed E-state index contributed by atoms with van der Waals surface area (Å²) in [7, 11) is 1.80. The van der Waals surface area contributed by atoms with E-state index in [0.29, 0.717) is 13.2 Å². The number of ether oxygens (including phenoxy) is 2. The summed E-state index contributed by atoms with van der Waals surface area (Å²) < 4.78 is 10.8. The molecule has 0 saturated carbocycles. The maximum Gasteiger partial charge on any atom is 0.327 e. The zero-order chi connectivity index (χ0) is 13.8. The first-order valence-corrected chi connectivity index (χ1v) is 6.65. The van der Waals surface area contributed by atoms with Crippen LogP contribution < -0.4 is 5.32 Å². The minimum atomic E-state index is -0.660. The van der Waals surface area contributed by atoms with Crippen LogP contribution in [0, 0.1) is 0 Å². The average molecular weight is 258 g/mol. The summed E-state index contributed by atoms with van der Waals surface area (Å²) in [6.45, 7) is 10.6. The molecule has 1 rings (SSSR count). The highest BCUT2D eigenvalue weighted by molar-refractivity contribution is 5.80. The maximum atomic E-state index is 12.0. The molecule has 0 aromatic carbocycles. The van der Waals surface area contributed by atoms with Crippen molar-refractivity contribution in [1.82, 2.24) is 10.2 Å². The van der Waals surface area contributed by atoms with Crippen molar-refractivity contribution in [3.05, 3.63) is 0 Å². The van der Waals surface area contributed by atoms with Crippen LogP contribution >= 0.6 is 0 Å². The Hall–Kier alpha value is -0.650. The fourth-order valence-corrected chi connectivity index (χ4v) is 2.40. The van der Waals surface area contributed by atoms with E-state index in [1.807, 2.05) is 13.8 Å². The Morgan fingerprint density at radius 3 is 2.44 bits per heavy atom. The third-order valence-corrected chi connectivity index (χ3v) is 3.31. The van der Waals surface area contributed by atoms with Gasteiger partial charge in [-0.3, -0.25) is 9.69 Å². The molecule has 1 fully saturated rings. The first-order chi connectivity index (χ1) is 8.41. The van der Waals surface area contributed by atoms with Crippen LogP contribution in [0.4, 0.5) is 0 Å². The van der Waals surface area contributed by atoms with Crippen LogP contribution in [0.25, 0.3) is 0 Å². The number of rotatable bonds is 5. The lowest BCUT2D eigenvalue weighted by atomic mass is 10.0. The van der Waals surface area contributed by atoms with E-state index in [1.54, 1.807) is 7.05 Å². The quantitative estimate of drug-likeness (QED) is 0.733. The fraction of sp³-hybridized carbons (Fsp3) is 0.923. The lowest BCUT2D eigenvalue weighted by molar-refractivity contribution is -0.152. The summed E-state index contributed by atoms with van der Waals surface area (Å²) in [5, 5.41) is 3.08. The highest BCUT2D eigenvalue weighted by atomic mass is 16.5. The summed E-state index contributed by atoms with van der Waals surface area (Å²) in [5.74, 6) is -0.195. The van der Waals surface area contributed by atoms with Gasteiger partial charge < -0.3 is 14.8 Å². The topological polar surface area (TPSA) is 50.8 Å². The number of hydrogen-bond acceptors (Lipinski definition) is 5. The van der Waals surface area contributed by atoms with Crippen LogP contribution in [0.15, 0.2) is 0 Å². The third kappa shape index (κ3) is 3.93. The Kier molecular flexibility index (Phi) is 5.56. The van der Waals surface area contributed by atoms with Crippen molar-refractivity contribution >= 4 is 5.97 Å². The van der Waals surface area contributed by atoms with Crippen molar-refractivity contribution in [2.24, 2.45) is 0 Å². The van der Waals surface area contributed by atoms with Crippen molar-refractivity contribution in [2.45, 2.75) is 45.4 Å². The molecule has 18 heavy (non-hydrogen) atoms. The number of likely N-dealkylation sites (N-methyl/N-ethyl adjacent to an activating group) is 1. The Bertz CT molecular complexity index is 275. The monoisotopic (exact) mass is 258 g/mol. The molecule has 5 nitrogen and oxygen atoms in total. The molecule has 1 heterocycles. The van der Waals surface area contributed by atoms with E-state index < -0.39 is 5.54 Å². The summed E-state index contributed by atoms with van der Waals surface area (Å²) in [5.41, 5.74) is -0.660. The van der Waals surface area contributed by atoms with Crippen molar-refractivity contribution in [2.75, 3.05) is 33.3 Å². The Morgan fingerprint density at radius 1 is 1.44 bits per heavy atom. The van der Waals surface area contributed by atoms with E-state index >= 15 is 0 Å². The van der Waals surface area contributed by atoms with Crippen LogP contribution in [0.2, 0.25) is 0 Å². The van der Waals surface area contributed by atoms with Crippen molar-refractivity contribution in [1.29, 1.82) is 0 Å². The smallest absolute Gasteiger partial charge is 0.327 e. The first-order valence-electron chi connectivity index (χ1n) is 6.65. The van der Waals surface area contributed by atoms with Gasteiger partial charge in [-0.1, -0.05) is 0 Å². The first kappa shape index (κ1) is 15.4. The molecule has 1 N–H and O–H groups in total. The highest BCUT2D eigenvalue weighted by Crippen LogP contribution is 2.15. The van der Waals surface area contributed by atoms with Crippen LogP contribution in [0.5, 0.6) is 0 Å². The highest BCUT2D eigenvalue weighted by Gasteiger charge is 2.36. The second-order valence-corrected chi connectivity index (χ2v) is 5.25. The summed E-state index contributed by atoms with van der Waals surface area (Å²) in [6, 6.07) is 0. The van der Waals surface area contributed by atoms with E-state index in [2.05, 4.69) is 24.1 Å². The Labute approximate surface area is 110 Å². The van der Waals surface area contributed by atoms with Gasteiger partial charge >= 0.3 is 5.97 Å². The van der Waals surface area contributed by atoms with Gasteiger partial charge in [0.1, 0.15) is 5.54 Å². The van der Waals surface area contributed by atoms with E-state index in [9.17, 15) is 4.79 Å². The summed E-state index contributed by atoms with van der Waals surface area (Å²) >= 11 is 0. The van der Waals surface area contributed by atoms with Crippen LogP contribution in [0.3, 0.4) is 0 Å². The molecule has 0 aliphatic carbocycles. The number of hydrogen-bond donors (Lipinski definition) is 1. The molecular weight excluding hydrogens is 232 g/mol. The third-order valence-electron chi connectivity index (χ3n) is 3.31. The SMILES string of the molecule is CCOC(=O)C(C)(CN1C[C@@H](C)O[C@@H](C)C1)NC. The second-order valence-electron chi connectivity index (χ2n) is 5.25. The lowest BCUT2D eigenvalue weighted by Gasteiger charge is -2.39. The molecule has 106 valence electrons. The van der Waals surface area contributed by atoms with Gasteiger partial charge in [0.2, 0.25) is 0 Å². The molecule has 0 amide bonds. The largest absolute Gasteiger partial charge is 0.465 e. The van der Waals surface area contributed by atoms with Gasteiger partial charge in [0.15, 0.2) is 0 Å². The Morgan fingerprint density at radius 2 is 2.00 bits per heavy atom. The van der Waals surface area contributed by atoms with Gasteiger partial charge in [-0.2, -0.15) is 0 Å². The molecule has 1 aliphatic rings. The van der Waals surface area contributed by atoms with Gasteiger partial charge in [0, 0.05) is 19.6 Å². The van der Waals surface area contributed by atoms with E-state index in [0.717, 1.165) is 13.1 Å². The minimum Gasteiger partial charge on any atom is -0.465 e. The molecule has 1 aliphatic heterocycles. The molecule has 3 atom stereocenters. The summed E-state index contributed by atoms with van der Waals surface area (Å²) in [4.78, 5) is 14.2. The van der Waals surface area contributed by atoms with E-state index in [-0.39, 0.29) is 18.2 Å². The van der Waals surface area contributed by atoms with Crippen LogP contribution in [-0.4, -0.2) is 61.9 Å². The predicted molar refractivity (Wildman–Crippen MR) is 70.5 cm³/mol. The summed E-state index contributed by atoms with van der Waals surface area (Å²) in [6.07, 6.45) is 0.411. The van der Waals surface area contributed by atoms with Crippen LogP contribution in [-0.2, 0) is 14.3 Å². The fourth-order valence-electron chi connectivity index (χ4n) is 2.40. The number of carbonyl (C=O) groups excluding carboxylic acids is 1. The molecule has 0 radical (unpaired) electrons. The Balaban J connectivity index is 2.64. The standard InChI is InChI=1S/C13H26N2O3/c1-6-17-12(16)13(4,14-5)9-15-7-10(2)18-11(3)8-15/h10-11,14H,6-9H2,1-5H3/t10-,11+,13?. The minimum absolute atomic E-state index is 0.195. The van der Waals surface area contributed by atoms with Gasteiger partial charge in [-0.25, -0.2) is 0 Å². The average Bonchev–Trinajstić information content (AvgIpc) is 2.27. The number of carbonyl (C=O) groups is 1. The van der Waals surface area contributed by atoms with Crippen LogP contribution in [0.1, 0.15) is 27.7 Å². The lowest BCUT2D eigenvalue weighted by Crippen LogP contribution is -2.59. The van der Waals surface area contributed by atoms with E-state index in [1.165, 1.54) is 0 Å². The van der Waals surface area contributed by atoms with Crippen molar-refractivity contribution in [3.8, 4) is 0 Å². The molecular formula is C13H26N2O3. The zero-order valence-electron chi connectivity index (χ0n) is 12.2. The van der Waals surface area contributed by atoms with Gasteiger partial charge in [0.05, 0.1) is 18.8 Å². The second kappa shape index (κ2) is 6.50. The number of nitrogens with one attached hydrogen (secondary N) is 1. The number of esters is 1. The molecule has 0 bridgehead atoms. The zero-order valence-corrected chi connectivity index (χ0v) is 12.2. The van der Waals surface area contributed by atoms with Gasteiger partial charge in [-0.05, 0) is 34.7 Å². The molecule has 0 spiro atoms. The van der Waals surface area contributed by atoms with Gasteiger partial charge in [-0.15, -0.1) is 0 Å². The molecule has 1 saturated heterocycles. The molecule has 0 aromatic rings.